The van der Waals surface area contributed by atoms with Crippen LogP contribution in [0.1, 0.15) is 37.8 Å². The minimum absolute atomic E-state index is 0.00483. The van der Waals surface area contributed by atoms with E-state index in [9.17, 15) is 24.0 Å². The minimum Gasteiger partial charge on any atom is -0.456 e. The van der Waals surface area contributed by atoms with E-state index in [2.05, 4.69) is 0 Å². The molecule has 2 fully saturated rings. The number of allylic oxidation sites excluding steroid dienone is 2. The van der Waals surface area contributed by atoms with Gasteiger partial charge in [0, 0.05) is 49.9 Å². The van der Waals surface area contributed by atoms with Gasteiger partial charge in [-0.1, -0.05) is 41.4 Å². The first kappa shape index (κ1) is 26.1. The van der Waals surface area contributed by atoms with Crippen LogP contribution < -0.4 is 14.2 Å². The van der Waals surface area contributed by atoms with Crippen LogP contribution in [-0.4, -0.2) is 40.7 Å². The van der Waals surface area contributed by atoms with E-state index in [4.69, 9.17) is 42.1 Å². The van der Waals surface area contributed by atoms with Crippen molar-refractivity contribution in [2.24, 2.45) is 5.92 Å². The van der Waals surface area contributed by atoms with Gasteiger partial charge in [-0.2, -0.15) is 0 Å². The zero-order valence-electron chi connectivity index (χ0n) is 21.0. The highest BCUT2D eigenvalue weighted by molar-refractivity contribution is 6.32. The lowest BCUT2D eigenvalue weighted by atomic mass is 9.72. The van der Waals surface area contributed by atoms with E-state index in [1.165, 1.54) is 38.1 Å². The van der Waals surface area contributed by atoms with Gasteiger partial charge >= 0.3 is 17.9 Å². The molecule has 3 heterocycles. The van der Waals surface area contributed by atoms with Gasteiger partial charge in [-0.05, 0) is 17.7 Å². The van der Waals surface area contributed by atoms with Gasteiger partial charge in [-0.3, -0.25) is 28.9 Å². The van der Waals surface area contributed by atoms with Crippen LogP contribution in [0.3, 0.4) is 0 Å². The Morgan fingerprint density at radius 3 is 1.93 bits per heavy atom. The maximum atomic E-state index is 13.7. The van der Waals surface area contributed by atoms with Gasteiger partial charge in [-0.15, -0.1) is 0 Å². The zero-order valence-corrected chi connectivity index (χ0v) is 22.5. The van der Waals surface area contributed by atoms with E-state index in [1.807, 2.05) is 0 Å². The molecule has 2 amide bonds. The van der Waals surface area contributed by atoms with E-state index in [1.54, 1.807) is 18.2 Å². The fourth-order valence-electron chi connectivity index (χ4n) is 5.65. The Balaban J connectivity index is 1.59. The number of hydrogen-bond acceptors (Lipinski definition) is 9. The standard InChI is InChI=1S/C28H19Cl2NO9/c1-12(32)37-22-10-20-15(8-17(22)29)28(16-9-18(30)23(38-13(2)33)11-21(16)39-20)14-4-3-5-19(26(14)27(36)40-28)31-24(34)6-7-25(31)35/h3-5,8-11,19,26H,6-7H2,1-2H3. The Labute approximate surface area is 237 Å². The Bertz CT molecular complexity index is 1540. The van der Waals surface area contributed by atoms with Gasteiger partial charge in [0.15, 0.2) is 17.1 Å². The Kier molecular flexibility index (Phi) is 6.01. The summed E-state index contributed by atoms with van der Waals surface area (Å²) in [7, 11) is 0. The van der Waals surface area contributed by atoms with Gasteiger partial charge in [0.05, 0.1) is 16.1 Å². The molecule has 40 heavy (non-hydrogen) atoms. The number of imide groups is 1. The lowest BCUT2D eigenvalue weighted by molar-refractivity contribution is -0.151. The van der Waals surface area contributed by atoms with E-state index in [0.29, 0.717) is 16.7 Å². The fourth-order valence-corrected chi connectivity index (χ4v) is 6.05. The molecule has 12 heteroatoms. The molecule has 10 nitrogen and oxygen atoms in total. The second kappa shape index (κ2) is 9.21. The highest BCUT2D eigenvalue weighted by Crippen LogP contribution is 2.61. The van der Waals surface area contributed by atoms with Gasteiger partial charge in [0.1, 0.15) is 17.4 Å². The number of ether oxygens (including phenoxy) is 4. The molecule has 0 bridgehead atoms. The van der Waals surface area contributed by atoms with Crippen molar-refractivity contribution in [3.05, 3.63) is 69.2 Å². The van der Waals surface area contributed by atoms with Gasteiger partial charge in [0.2, 0.25) is 11.8 Å². The zero-order chi connectivity index (χ0) is 28.5. The summed E-state index contributed by atoms with van der Waals surface area (Å²) in [6.07, 6.45) is 5.05. The third-order valence-corrected chi connectivity index (χ3v) is 7.71. The first-order valence-electron chi connectivity index (χ1n) is 12.2. The molecule has 2 saturated heterocycles. The summed E-state index contributed by atoms with van der Waals surface area (Å²) < 4.78 is 22.8. The number of carbonyl (C=O) groups is 5. The van der Waals surface area contributed by atoms with E-state index in [-0.39, 0.29) is 57.7 Å². The number of nitrogens with zero attached hydrogens (tertiary/aromatic N) is 1. The molecule has 2 aromatic rings. The highest BCUT2D eigenvalue weighted by Gasteiger charge is 2.61. The molecule has 0 radical (unpaired) electrons. The molecule has 3 aliphatic heterocycles. The summed E-state index contributed by atoms with van der Waals surface area (Å²) >= 11 is 13.0. The van der Waals surface area contributed by atoms with Crippen molar-refractivity contribution in [2.75, 3.05) is 0 Å². The van der Waals surface area contributed by atoms with Crippen molar-refractivity contribution in [3.8, 4) is 23.0 Å². The molecule has 1 spiro atoms. The number of amides is 2. The first-order valence-corrected chi connectivity index (χ1v) is 13.0. The topological polar surface area (TPSA) is 126 Å². The summed E-state index contributed by atoms with van der Waals surface area (Å²) in [6.45, 7) is 2.43. The Hall–Kier alpha value is -4.15. The van der Waals surface area contributed by atoms with E-state index in [0.717, 1.165) is 4.90 Å². The molecule has 204 valence electrons. The van der Waals surface area contributed by atoms with Gasteiger partial charge in [-0.25, -0.2) is 0 Å². The molecular weight excluding hydrogens is 565 g/mol. The second-order valence-electron chi connectivity index (χ2n) is 9.58. The number of benzene rings is 2. The number of carbonyl (C=O) groups excluding carboxylic acids is 5. The van der Waals surface area contributed by atoms with Crippen molar-refractivity contribution in [2.45, 2.75) is 38.3 Å². The molecular formula is C28H19Cl2NO9. The molecule has 0 N–H and O–H groups in total. The molecule has 2 aromatic carbocycles. The number of fused-ring (bicyclic) bond motifs is 6. The Morgan fingerprint density at radius 2 is 1.43 bits per heavy atom. The molecule has 6 rings (SSSR count). The molecule has 2 unspecified atom stereocenters. The van der Waals surface area contributed by atoms with Crippen LogP contribution in [0.5, 0.6) is 23.0 Å². The number of hydrogen-bond donors (Lipinski definition) is 0. The fraction of sp³-hybridized carbons (Fsp3) is 0.250. The molecule has 0 saturated carbocycles. The summed E-state index contributed by atoms with van der Waals surface area (Å²) in [4.78, 5) is 63.4. The molecule has 2 atom stereocenters. The first-order chi connectivity index (χ1) is 19.0. The van der Waals surface area contributed by atoms with E-state index < -0.39 is 35.5 Å². The number of esters is 3. The van der Waals surface area contributed by atoms with Crippen LogP contribution in [0, 0.1) is 5.92 Å². The van der Waals surface area contributed by atoms with Crippen LogP contribution in [0.25, 0.3) is 0 Å². The summed E-state index contributed by atoms with van der Waals surface area (Å²) in [6, 6.07) is 4.78. The Morgan fingerprint density at radius 1 is 0.900 bits per heavy atom. The number of halogens is 2. The monoisotopic (exact) mass is 583 g/mol. The SMILES string of the molecule is CC(=O)Oc1cc2c(cc1Cl)C1(OC(=O)C3C1=CC=CC3N1C(=O)CCC1=O)c1cc(Cl)c(OC(C)=O)cc1O2. The lowest BCUT2D eigenvalue weighted by Gasteiger charge is -2.39. The third kappa shape index (κ3) is 3.82. The van der Waals surface area contributed by atoms with Crippen molar-refractivity contribution in [1.82, 2.24) is 4.90 Å². The predicted molar refractivity (Wildman–Crippen MR) is 138 cm³/mol. The van der Waals surface area contributed by atoms with Crippen LogP contribution in [-0.2, 0) is 34.3 Å². The van der Waals surface area contributed by atoms with Crippen LogP contribution in [0.2, 0.25) is 10.0 Å². The molecule has 4 aliphatic rings. The van der Waals surface area contributed by atoms with Crippen LogP contribution in [0.15, 0.2) is 48.1 Å². The van der Waals surface area contributed by atoms with Crippen molar-refractivity contribution < 1.29 is 42.9 Å². The molecule has 1 aliphatic carbocycles. The maximum absolute atomic E-state index is 13.7. The normalized spacial score (nSPS) is 21.8. The van der Waals surface area contributed by atoms with Crippen molar-refractivity contribution in [3.63, 3.8) is 0 Å². The predicted octanol–water partition coefficient (Wildman–Crippen LogP) is 4.38. The maximum Gasteiger partial charge on any atom is 0.317 e. The van der Waals surface area contributed by atoms with Gasteiger partial charge in [0.25, 0.3) is 0 Å². The van der Waals surface area contributed by atoms with Gasteiger partial charge < -0.3 is 18.9 Å². The average molecular weight is 584 g/mol. The highest BCUT2D eigenvalue weighted by atomic mass is 35.5. The van der Waals surface area contributed by atoms with Crippen LogP contribution >= 0.6 is 23.2 Å². The second-order valence-corrected chi connectivity index (χ2v) is 10.4. The van der Waals surface area contributed by atoms with Crippen molar-refractivity contribution >= 4 is 52.9 Å². The van der Waals surface area contributed by atoms with Crippen LogP contribution in [0.4, 0.5) is 0 Å². The smallest absolute Gasteiger partial charge is 0.317 e. The summed E-state index contributed by atoms with van der Waals surface area (Å²) in [5.74, 6) is -3.44. The van der Waals surface area contributed by atoms with Crippen molar-refractivity contribution in [1.29, 1.82) is 0 Å². The third-order valence-electron chi connectivity index (χ3n) is 7.12. The quantitative estimate of drug-likeness (QED) is 0.294. The lowest BCUT2D eigenvalue weighted by Crippen LogP contribution is -2.46. The molecule has 0 aromatic heterocycles. The minimum atomic E-state index is -1.66. The average Bonchev–Trinajstić information content (AvgIpc) is 3.37. The number of rotatable bonds is 3. The number of likely N-dealkylation sites (tertiary alicyclic amines) is 1. The summed E-state index contributed by atoms with van der Waals surface area (Å²) in [5, 5.41) is 0.0757. The van der Waals surface area contributed by atoms with E-state index >= 15 is 0 Å². The summed E-state index contributed by atoms with van der Waals surface area (Å²) in [5.41, 5.74) is -0.646. The largest absolute Gasteiger partial charge is 0.456 e.